The maximum Gasteiger partial charge on any atom is 0.257 e. The van der Waals surface area contributed by atoms with Gasteiger partial charge in [-0.2, -0.15) is 5.10 Å². The predicted molar refractivity (Wildman–Crippen MR) is 63.8 cm³/mol. The third kappa shape index (κ3) is 2.54. The smallest absolute Gasteiger partial charge is 0.257 e. The average Bonchev–Trinajstić information content (AvgIpc) is 2.65. The SMILES string of the molecule is C[C@@H]1CNCCN1C(=O)c1cnn(C)c1.Cl. The maximum absolute atomic E-state index is 12.1. The number of hydrogen-bond donors (Lipinski definition) is 1. The molecule has 0 unspecified atom stereocenters. The zero-order chi connectivity index (χ0) is 10.8. The molecule has 1 atom stereocenters. The Labute approximate surface area is 101 Å². The fraction of sp³-hybridized carbons (Fsp3) is 0.600. The van der Waals surface area contributed by atoms with E-state index in [2.05, 4.69) is 17.3 Å². The third-order valence-corrected chi connectivity index (χ3v) is 2.71. The molecule has 6 heteroatoms. The zero-order valence-corrected chi connectivity index (χ0v) is 10.3. The second-order valence-corrected chi connectivity index (χ2v) is 3.95. The summed E-state index contributed by atoms with van der Waals surface area (Å²) in [6.45, 7) is 4.57. The minimum Gasteiger partial charge on any atom is -0.333 e. The molecule has 0 spiro atoms. The summed E-state index contributed by atoms with van der Waals surface area (Å²) in [4.78, 5) is 14.0. The molecule has 1 aliphatic rings. The molecular formula is C10H17ClN4O. The van der Waals surface area contributed by atoms with Crippen molar-refractivity contribution in [1.29, 1.82) is 0 Å². The van der Waals surface area contributed by atoms with Crippen LogP contribution in [0.5, 0.6) is 0 Å². The summed E-state index contributed by atoms with van der Waals surface area (Å²) >= 11 is 0. The van der Waals surface area contributed by atoms with E-state index in [1.807, 2.05) is 11.9 Å². The topological polar surface area (TPSA) is 50.2 Å². The normalized spacial score (nSPS) is 20.4. The molecule has 1 aromatic rings. The van der Waals surface area contributed by atoms with Crippen LogP contribution in [0, 0.1) is 0 Å². The lowest BCUT2D eigenvalue weighted by Crippen LogP contribution is -2.52. The Balaban J connectivity index is 0.00000128. The van der Waals surface area contributed by atoms with Crippen molar-refractivity contribution in [2.24, 2.45) is 7.05 Å². The van der Waals surface area contributed by atoms with Crippen LogP contribution in [0.3, 0.4) is 0 Å². The number of nitrogens with zero attached hydrogens (tertiary/aromatic N) is 3. The number of carbonyl (C=O) groups excluding carboxylic acids is 1. The largest absolute Gasteiger partial charge is 0.333 e. The molecule has 1 aromatic heterocycles. The van der Waals surface area contributed by atoms with Gasteiger partial charge in [0.1, 0.15) is 0 Å². The summed E-state index contributed by atoms with van der Waals surface area (Å²) in [7, 11) is 1.82. The number of piperazine rings is 1. The second kappa shape index (κ2) is 5.32. The first kappa shape index (κ1) is 13.0. The molecule has 0 aromatic carbocycles. The van der Waals surface area contributed by atoms with Gasteiger partial charge in [0.25, 0.3) is 5.91 Å². The van der Waals surface area contributed by atoms with Gasteiger partial charge in [-0.15, -0.1) is 12.4 Å². The Morgan fingerprint density at radius 1 is 1.62 bits per heavy atom. The van der Waals surface area contributed by atoms with Crippen molar-refractivity contribution in [3.05, 3.63) is 18.0 Å². The minimum absolute atomic E-state index is 0. The Bertz CT molecular complexity index is 365. The van der Waals surface area contributed by atoms with Crippen LogP contribution in [-0.2, 0) is 7.05 Å². The Hall–Kier alpha value is -1.07. The minimum atomic E-state index is 0. The van der Waals surface area contributed by atoms with E-state index in [1.165, 1.54) is 0 Å². The van der Waals surface area contributed by atoms with Gasteiger partial charge in [-0.05, 0) is 6.92 Å². The van der Waals surface area contributed by atoms with Crippen LogP contribution in [0.25, 0.3) is 0 Å². The molecule has 2 heterocycles. The maximum atomic E-state index is 12.1. The predicted octanol–water partition coefficient (Wildman–Crippen LogP) is 0.276. The monoisotopic (exact) mass is 244 g/mol. The third-order valence-electron chi connectivity index (χ3n) is 2.71. The highest BCUT2D eigenvalue weighted by molar-refractivity contribution is 5.94. The number of nitrogens with one attached hydrogen (secondary N) is 1. The van der Waals surface area contributed by atoms with Crippen molar-refractivity contribution >= 4 is 18.3 Å². The molecule has 1 amide bonds. The lowest BCUT2D eigenvalue weighted by Gasteiger charge is -2.33. The summed E-state index contributed by atoms with van der Waals surface area (Å²) in [5, 5.41) is 7.27. The van der Waals surface area contributed by atoms with Gasteiger partial charge in [0.15, 0.2) is 0 Å². The molecule has 2 rings (SSSR count). The van der Waals surface area contributed by atoms with Gasteiger partial charge in [0.05, 0.1) is 11.8 Å². The standard InChI is InChI=1S/C10H16N4O.ClH/c1-8-5-11-3-4-14(8)10(15)9-6-12-13(2)7-9;/h6-8,11H,3-5H2,1-2H3;1H/t8-;/m1./s1. The summed E-state index contributed by atoms with van der Waals surface area (Å²) in [6.07, 6.45) is 3.38. The van der Waals surface area contributed by atoms with E-state index in [0.29, 0.717) is 5.56 Å². The lowest BCUT2D eigenvalue weighted by molar-refractivity contribution is 0.0655. The van der Waals surface area contributed by atoms with Gasteiger partial charge in [0, 0.05) is 38.9 Å². The molecule has 1 fully saturated rings. The second-order valence-electron chi connectivity index (χ2n) is 3.95. The first-order valence-electron chi connectivity index (χ1n) is 5.19. The zero-order valence-electron chi connectivity index (χ0n) is 9.51. The quantitative estimate of drug-likeness (QED) is 0.772. The van der Waals surface area contributed by atoms with Crippen molar-refractivity contribution in [3.63, 3.8) is 0 Å². The summed E-state index contributed by atoms with van der Waals surface area (Å²) in [5.41, 5.74) is 0.672. The number of carbonyl (C=O) groups is 1. The number of rotatable bonds is 1. The molecular weight excluding hydrogens is 228 g/mol. The summed E-state index contributed by atoms with van der Waals surface area (Å²) < 4.78 is 1.65. The van der Waals surface area contributed by atoms with Crippen molar-refractivity contribution in [1.82, 2.24) is 20.0 Å². The van der Waals surface area contributed by atoms with E-state index < -0.39 is 0 Å². The van der Waals surface area contributed by atoms with Gasteiger partial charge < -0.3 is 10.2 Å². The van der Waals surface area contributed by atoms with Gasteiger partial charge in [-0.1, -0.05) is 0 Å². The Morgan fingerprint density at radius 3 is 2.94 bits per heavy atom. The van der Waals surface area contributed by atoms with Crippen LogP contribution in [0.1, 0.15) is 17.3 Å². The molecule has 0 aliphatic carbocycles. The van der Waals surface area contributed by atoms with E-state index >= 15 is 0 Å². The molecule has 0 saturated carbocycles. The van der Waals surface area contributed by atoms with Gasteiger partial charge in [0.2, 0.25) is 0 Å². The van der Waals surface area contributed by atoms with Crippen LogP contribution < -0.4 is 5.32 Å². The molecule has 5 nitrogen and oxygen atoms in total. The van der Waals surface area contributed by atoms with Crippen LogP contribution in [0.2, 0.25) is 0 Å². The number of hydrogen-bond acceptors (Lipinski definition) is 3. The highest BCUT2D eigenvalue weighted by Gasteiger charge is 2.24. The van der Waals surface area contributed by atoms with Gasteiger partial charge >= 0.3 is 0 Å². The molecule has 0 bridgehead atoms. The molecule has 1 aliphatic heterocycles. The van der Waals surface area contributed by atoms with Gasteiger partial charge in [-0.3, -0.25) is 9.48 Å². The fourth-order valence-electron chi connectivity index (χ4n) is 1.84. The Kier molecular flexibility index (Phi) is 4.32. The van der Waals surface area contributed by atoms with Gasteiger partial charge in [-0.25, -0.2) is 0 Å². The van der Waals surface area contributed by atoms with Crippen LogP contribution in [0.4, 0.5) is 0 Å². The first-order chi connectivity index (χ1) is 7.18. The van der Waals surface area contributed by atoms with E-state index in [0.717, 1.165) is 19.6 Å². The molecule has 1 N–H and O–H groups in total. The highest BCUT2D eigenvalue weighted by Crippen LogP contribution is 2.09. The number of amides is 1. The van der Waals surface area contributed by atoms with E-state index in [1.54, 1.807) is 17.1 Å². The Morgan fingerprint density at radius 2 is 2.38 bits per heavy atom. The van der Waals surface area contributed by atoms with Crippen molar-refractivity contribution in [3.8, 4) is 0 Å². The molecule has 90 valence electrons. The average molecular weight is 245 g/mol. The van der Waals surface area contributed by atoms with Crippen LogP contribution in [0.15, 0.2) is 12.4 Å². The first-order valence-corrected chi connectivity index (χ1v) is 5.19. The highest BCUT2D eigenvalue weighted by atomic mass is 35.5. The van der Waals surface area contributed by atoms with Crippen LogP contribution in [-0.4, -0.2) is 46.3 Å². The number of aryl methyl sites for hydroxylation is 1. The number of halogens is 1. The lowest BCUT2D eigenvalue weighted by atomic mass is 10.2. The van der Waals surface area contributed by atoms with E-state index in [9.17, 15) is 4.79 Å². The van der Waals surface area contributed by atoms with E-state index in [4.69, 9.17) is 0 Å². The van der Waals surface area contributed by atoms with Crippen molar-refractivity contribution in [2.45, 2.75) is 13.0 Å². The molecule has 1 saturated heterocycles. The summed E-state index contributed by atoms with van der Waals surface area (Å²) in [6, 6.07) is 0.256. The number of aromatic nitrogens is 2. The molecule has 16 heavy (non-hydrogen) atoms. The van der Waals surface area contributed by atoms with Crippen molar-refractivity contribution < 1.29 is 4.79 Å². The van der Waals surface area contributed by atoms with Crippen LogP contribution >= 0.6 is 12.4 Å². The van der Waals surface area contributed by atoms with Crippen molar-refractivity contribution in [2.75, 3.05) is 19.6 Å². The molecule has 0 radical (unpaired) electrons. The summed E-state index contributed by atoms with van der Waals surface area (Å²) in [5.74, 6) is 0.0806. The van der Waals surface area contributed by atoms with E-state index in [-0.39, 0.29) is 24.4 Å². The fourth-order valence-corrected chi connectivity index (χ4v) is 1.84.